The van der Waals surface area contributed by atoms with Crippen LogP contribution in [0.25, 0.3) is 17.0 Å². The minimum Gasteiger partial charge on any atom is -0.351 e. The van der Waals surface area contributed by atoms with Gasteiger partial charge in [0.1, 0.15) is 11.3 Å². The summed E-state index contributed by atoms with van der Waals surface area (Å²) in [4.78, 5) is 34.2. The van der Waals surface area contributed by atoms with Gasteiger partial charge in [-0.05, 0) is 30.7 Å². The van der Waals surface area contributed by atoms with Gasteiger partial charge in [-0.25, -0.2) is 9.78 Å². The Hall–Kier alpha value is -4.21. The van der Waals surface area contributed by atoms with Gasteiger partial charge in [-0.3, -0.25) is 9.20 Å². The van der Waals surface area contributed by atoms with Gasteiger partial charge in [0.2, 0.25) is 11.7 Å². The molecule has 1 fully saturated rings. The first-order chi connectivity index (χ1) is 15.0. The number of amides is 3. The third-order valence-electron chi connectivity index (χ3n) is 5.38. The fourth-order valence-corrected chi connectivity index (χ4v) is 3.52. The summed E-state index contributed by atoms with van der Waals surface area (Å²) in [6, 6.07) is 10.6. The second-order valence-electron chi connectivity index (χ2n) is 7.45. The summed E-state index contributed by atoms with van der Waals surface area (Å²) >= 11 is 0. The van der Waals surface area contributed by atoms with Crippen LogP contribution in [0.4, 0.5) is 10.5 Å². The summed E-state index contributed by atoms with van der Waals surface area (Å²) < 4.78 is 7.10. The third-order valence-corrected chi connectivity index (χ3v) is 5.38. The predicted octanol–water partition coefficient (Wildman–Crippen LogP) is 2.42. The first-order valence-electron chi connectivity index (χ1n) is 9.72. The van der Waals surface area contributed by atoms with E-state index in [1.165, 1.54) is 4.90 Å². The molecular weight excluding hydrogens is 398 g/mol. The van der Waals surface area contributed by atoms with E-state index in [2.05, 4.69) is 20.4 Å². The van der Waals surface area contributed by atoms with Crippen molar-refractivity contribution in [3.8, 4) is 11.4 Å². The molecule has 3 N–H and O–H groups in total. The Morgan fingerprint density at radius 1 is 1.23 bits per heavy atom. The second kappa shape index (κ2) is 7.24. The highest BCUT2D eigenvalue weighted by atomic mass is 16.5. The average Bonchev–Trinajstić information content (AvgIpc) is 3.35. The number of primary amides is 1. The van der Waals surface area contributed by atoms with E-state index in [0.717, 1.165) is 5.56 Å². The zero-order valence-corrected chi connectivity index (χ0v) is 16.6. The van der Waals surface area contributed by atoms with Crippen molar-refractivity contribution in [1.82, 2.24) is 24.4 Å². The van der Waals surface area contributed by atoms with Crippen molar-refractivity contribution in [3.63, 3.8) is 0 Å². The molecule has 1 saturated heterocycles. The lowest BCUT2D eigenvalue weighted by atomic mass is 10.0. The number of pyridine rings is 1. The van der Waals surface area contributed by atoms with E-state index in [0.29, 0.717) is 47.4 Å². The number of urea groups is 1. The van der Waals surface area contributed by atoms with E-state index < -0.39 is 6.03 Å². The number of hydrogen-bond acceptors (Lipinski definition) is 6. The minimum atomic E-state index is -0.458. The molecule has 10 heteroatoms. The van der Waals surface area contributed by atoms with Crippen LogP contribution < -0.4 is 11.1 Å². The molecule has 0 spiro atoms. The number of aryl methyl sites for hydroxylation is 1. The lowest BCUT2D eigenvalue weighted by Crippen LogP contribution is -2.50. The molecule has 0 atom stereocenters. The molecule has 1 aliphatic rings. The number of carbonyl (C=O) groups is 2. The van der Waals surface area contributed by atoms with Gasteiger partial charge in [0, 0.05) is 30.5 Å². The number of likely N-dealkylation sites (tertiary alicyclic amines) is 1. The number of fused-ring (bicyclic) bond motifs is 1. The third kappa shape index (κ3) is 3.37. The number of nitrogens with two attached hydrogens (primary N) is 1. The number of nitrogens with one attached hydrogen (secondary N) is 1. The van der Waals surface area contributed by atoms with Crippen LogP contribution in [0.15, 0.2) is 53.3 Å². The number of benzene rings is 1. The fourth-order valence-electron chi connectivity index (χ4n) is 3.52. The monoisotopic (exact) mass is 417 g/mol. The number of aromatic nitrogens is 4. The van der Waals surface area contributed by atoms with Gasteiger partial charge in [-0.1, -0.05) is 23.4 Å². The molecule has 4 heterocycles. The zero-order valence-electron chi connectivity index (χ0n) is 16.6. The predicted molar refractivity (Wildman–Crippen MR) is 112 cm³/mol. The minimum absolute atomic E-state index is 0.0199. The van der Waals surface area contributed by atoms with Crippen molar-refractivity contribution < 1.29 is 14.1 Å². The molecular formula is C21H19N7O3. The van der Waals surface area contributed by atoms with Gasteiger partial charge in [0.15, 0.2) is 0 Å². The van der Waals surface area contributed by atoms with Crippen LogP contribution in [0.3, 0.4) is 0 Å². The normalized spacial score (nSPS) is 13.9. The Bertz CT molecular complexity index is 1300. The molecule has 3 amide bonds. The highest BCUT2D eigenvalue weighted by Crippen LogP contribution is 2.29. The van der Waals surface area contributed by atoms with Crippen molar-refractivity contribution in [3.05, 3.63) is 65.9 Å². The van der Waals surface area contributed by atoms with Crippen LogP contribution in [0, 0.1) is 6.92 Å². The Morgan fingerprint density at radius 3 is 2.87 bits per heavy atom. The molecule has 0 unspecified atom stereocenters. The summed E-state index contributed by atoms with van der Waals surface area (Å²) in [7, 11) is 0. The summed E-state index contributed by atoms with van der Waals surface area (Å²) in [5, 5.41) is 6.99. The van der Waals surface area contributed by atoms with E-state index >= 15 is 0 Å². The van der Waals surface area contributed by atoms with Crippen molar-refractivity contribution in [2.45, 2.75) is 12.8 Å². The Kier molecular flexibility index (Phi) is 4.39. The van der Waals surface area contributed by atoms with Crippen molar-refractivity contribution in [1.29, 1.82) is 0 Å². The van der Waals surface area contributed by atoms with Crippen LogP contribution in [-0.2, 0) is 0 Å². The van der Waals surface area contributed by atoms with Crippen molar-refractivity contribution in [2.75, 3.05) is 18.4 Å². The molecule has 3 aromatic heterocycles. The largest absolute Gasteiger partial charge is 0.351 e. The van der Waals surface area contributed by atoms with Gasteiger partial charge in [0.05, 0.1) is 12.1 Å². The maximum Gasteiger partial charge on any atom is 0.314 e. The molecule has 0 radical (unpaired) electrons. The molecule has 31 heavy (non-hydrogen) atoms. The maximum atomic E-state index is 12.9. The first-order valence-corrected chi connectivity index (χ1v) is 9.72. The second-order valence-corrected chi connectivity index (χ2v) is 7.45. The van der Waals surface area contributed by atoms with E-state index in [1.807, 2.05) is 43.3 Å². The summed E-state index contributed by atoms with van der Waals surface area (Å²) in [5.74, 6) is 0.587. The van der Waals surface area contributed by atoms with Gasteiger partial charge in [-0.15, -0.1) is 0 Å². The highest BCUT2D eigenvalue weighted by molar-refractivity contribution is 6.04. The van der Waals surface area contributed by atoms with Crippen molar-refractivity contribution in [2.24, 2.45) is 5.73 Å². The number of nitrogens with zero attached hydrogens (tertiary/aromatic N) is 5. The summed E-state index contributed by atoms with van der Waals surface area (Å²) in [6.07, 6.45) is 3.34. The maximum absolute atomic E-state index is 12.9. The molecule has 10 nitrogen and oxygen atoms in total. The van der Waals surface area contributed by atoms with E-state index in [-0.39, 0.29) is 11.8 Å². The zero-order chi connectivity index (χ0) is 21.5. The molecule has 0 saturated carbocycles. The molecule has 4 aromatic rings. The van der Waals surface area contributed by atoms with E-state index in [9.17, 15) is 9.59 Å². The molecule has 0 aliphatic carbocycles. The molecule has 0 bridgehead atoms. The van der Waals surface area contributed by atoms with E-state index in [1.54, 1.807) is 16.8 Å². The van der Waals surface area contributed by atoms with E-state index in [4.69, 9.17) is 10.3 Å². The van der Waals surface area contributed by atoms with Crippen LogP contribution in [-0.4, -0.2) is 49.5 Å². The molecule has 5 rings (SSSR count). The first kappa shape index (κ1) is 18.8. The lowest BCUT2D eigenvalue weighted by molar-refractivity contribution is 0.102. The topological polar surface area (TPSA) is 132 Å². The molecule has 156 valence electrons. The quantitative estimate of drug-likeness (QED) is 0.524. The Balaban J connectivity index is 1.36. The van der Waals surface area contributed by atoms with Gasteiger partial charge in [0.25, 0.3) is 5.91 Å². The fraction of sp³-hybridized carbons (Fsp3) is 0.190. The molecule has 1 aliphatic heterocycles. The van der Waals surface area contributed by atoms with Crippen LogP contribution >= 0.6 is 0 Å². The van der Waals surface area contributed by atoms with Gasteiger partial charge < -0.3 is 20.5 Å². The lowest BCUT2D eigenvalue weighted by Gasteiger charge is -2.35. The highest BCUT2D eigenvalue weighted by Gasteiger charge is 2.34. The smallest absolute Gasteiger partial charge is 0.314 e. The SMILES string of the molecule is Cc1ccc(-c2noc(C3CN(C(N)=O)C3)n2)cc1NC(=O)c1cnc2ccccn12. The standard InChI is InChI=1S/C21H19N7O3/c1-12-5-6-13(18-25-20(31-26-18)14-10-27(11-14)21(22)30)8-15(12)24-19(29)16-9-23-17-4-2-3-7-28(16)17/h2-9,14H,10-11H2,1H3,(H2,22,30)(H,24,29). The number of rotatable bonds is 4. The summed E-state index contributed by atoms with van der Waals surface area (Å²) in [6.45, 7) is 2.83. The number of carbonyl (C=O) groups excluding carboxylic acids is 2. The van der Waals surface area contributed by atoms with Crippen LogP contribution in [0.2, 0.25) is 0 Å². The average molecular weight is 417 g/mol. The van der Waals surface area contributed by atoms with Crippen molar-refractivity contribution >= 4 is 23.3 Å². The van der Waals surface area contributed by atoms with Gasteiger partial charge in [-0.2, -0.15) is 4.98 Å². The summed E-state index contributed by atoms with van der Waals surface area (Å²) in [5.41, 5.74) is 8.63. The van der Waals surface area contributed by atoms with Crippen LogP contribution in [0.1, 0.15) is 27.9 Å². The number of hydrogen-bond donors (Lipinski definition) is 2. The molecule has 1 aromatic carbocycles. The Morgan fingerprint density at radius 2 is 2.06 bits per heavy atom. The number of imidazole rings is 1. The number of anilines is 1. The van der Waals surface area contributed by atoms with Crippen LogP contribution in [0.5, 0.6) is 0 Å². The van der Waals surface area contributed by atoms with Gasteiger partial charge >= 0.3 is 6.03 Å². The Labute approximate surface area is 176 Å².